The van der Waals surface area contributed by atoms with Gasteiger partial charge >= 0.3 is 0 Å². The van der Waals surface area contributed by atoms with Gasteiger partial charge in [-0.3, -0.25) is 0 Å². The summed E-state index contributed by atoms with van der Waals surface area (Å²) in [5.74, 6) is 0.256. The van der Waals surface area contributed by atoms with Gasteiger partial charge < -0.3 is 9.84 Å². The Morgan fingerprint density at radius 1 is 1.28 bits per heavy atom. The molecule has 0 saturated heterocycles. The number of benzene rings is 1. The van der Waals surface area contributed by atoms with Crippen LogP contribution in [-0.2, 0) is 11.2 Å². The van der Waals surface area contributed by atoms with Gasteiger partial charge in [0.1, 0.15) is 0 Å². The van der Waals surface area contributed by atoms with Gasteiger partial charge in [0.05, 0.1) is 5.60 Å². The zero-order valence-corrected chi connectivity index (χ0v) is 13.0. The molecular weight excluding hydrogens is 292 g/mol. The van der Waals surface area contributed by atoms with Crippen molar-refractivity contribution >= 4 is 15.9 Å². The Morgan fingerprint density at radius 2 is 1.94 bits per heavy atom. The van der Waals surface area contributed by atoms with E-state index in [1.165, 1.54) is 5.56 Å². The van der Waals surface area contributed by atoms with Gasteiger partial charge in [-0.05, 0) is 51.2 Å². The molecule has 0 radical (unpaired) electrons. The van der Waals surface area contributed by atoms with Crippen LogP contribution in [0.25, 0.3) is 0 Å². The Labute approximate surface area is 118 Å². The molecule has 18 heavy (non-hydrogen) atoms. The van der Waals surface area contributed by atoms with Crippen LogP contribution in [-0.4, -0.2) is 23.9 Å². The summed E-state index contributed by atoms with van der Waals surface area (Å²) >= 11 is 3.54. The number of hydrogen-bond acceptors (Lipinski definition) is 2. The van der Waals surface area contributed by atoms with E-state index in [1.807, 2.05) is 18.2 Å². The summed E-state index contributed by atoms with van der Waals surface area (Å²) < 4.78 is 6.82. The van der Waals surface area contributed by atoms with Gasteiger partial charge in [0.25, 0.3) is 0 Å². The normalized spacial score (nSPS) is 13.6. The first kappa shape index (κ1) is 15.7. The molecule has 1 rings (SSSR count). The zero-order chi connectivity index (χ0) is 13.6. The van der Waals surface area contributed by atoms with Crippen molar-refractivity contribution in [2.75, 3.05) is 13.2 Å². The van der Waals surface area contributed by atoms with Gasteiger partial charge in [0, 0.05) is 17.7 Å². The van der Waals surface area contributed by atoms with E-state index in [0.717, 1.165) is 17.3 Å². The molecule has 2 nitrogen and oxygen atoms in total. The number of halogens is 1. The monoisotopic (exact) mass is 314 g/mol. The van der Waals surface area contributed by atoms with Crippen molar-refractivity contribution in [3.05, 3.63) is 34.3 Å². The summed E-state index contributed by atoms with van der Waals surface area (Å²) in [7, 11) is 0. The Hall–Kier alpha value is -0.380. The van der Waals surface area contributed by atoms with Crippen LogP contribution in [0.4, 0.5) is 0 Å². The molecule has 102 valence electrons. The minimum absolute atomic E-state index is 0.104. The fraction of sp³-hybridized carbons (Fsp3) is 0.600. The molecular formula is C15H23BrO2. The van der Waals surface area contributed by atoms with E-state index in [9.17, 15) is 5.11 Å². The van der Waals surface area contributed by atoms with E-state index in [1.54, 1.807) is 0 Å². The van der Waals surface area contributed by atoms with Crippen LogP contribution in [0.15, 0.2) is 28.7 Å². The molecule has 0 amide bonds. The molecule has 1 aromatic rings. The molecule has 0 heterocycles. The van der Waals surface area contributed by atoms with E-state index in [0.29, 0.717) is 6.61 Å². The molecule has 1 unspecified atom stereocenters. The maximum Gasteiger partial charge on any atom is 0.0598 e. The van der Waals surface area contributed by atoms with Crippen molar-refractivity contribution in [2.45, 2.75) is 39.2 Å². The summed E-state index contributed by atoms with van der Waals surface area (Å²) in [5.41, 5.74) is 1.14. The molecule has 0 spiro atoms. The third-order valence-corrected chi connectivity index (χ3v) is 3.56. The quantitative estimate of drug-likeness (QED) is 0.865. The van der Waals surface area contributed by atoms with Crippen molar-refractivity contribution in [3.8, 4) is 0 Å². The fourth-order valence-corrected chi connectivity index (χ4v) is 2.21. The van der Waals surface area contributed by atoms with Crippen LogP contribution in [0, 0.1) is 5.92 Å². The predicted octanol–water partition coefficient (Wildman–Crippen LogP) is 3.81. The lowest BCUT2D eigenvalue weighted by atomic mass is 9.97. The first-order valence-corrected chi connectivity index (χ1v) is 7.20. The third kappa shape index (κ3) is 5.98. The highest BCUT2D eigenvalue weighted by molar-refractivity contribution is 9.10. The van der Waals surface area contributed by atoms with Gasteiger partial charge in [0.2, 0.25) is 0 Å². The Morgan fingerprint density at radius 3 is 2.50 bits per heavy atom. The third-order valence-electron chi connectivity index (χ3n) is 2.79. The molecule has 0 aliphatic rings. The van der Waals surface area contributed by atoms with Crippen LogP contribution in [0.3, 0.4) is 0 Å². The SMILES string of the molecule is CC(C)(C)OCCC(CO)Cc1ccccc1Br. The first-order chi connectivity index (χ1) is 8.42. The second kappa shape index (κ2) is 7.27. The van der Waals surface area contributed by atoms with Crippen LogP contribution in [0.2, 0.25) is 0 Å². The Balaban J connectivity index is 2.45. The van der Waals surface area contributed by atoms with Crippen molar-refractivity contribution in [3.63, 3.8) is 0 Å². The maximum absolute atomic E-state index is 9.44. The second-order valence-electron chi connectivity index (χ2n) is 5.59. The highest BCUT2D eigenvalue weighted by Gasteiger charge is 2.14. The van der Waals surface area contributed by atoms with Gasteiger partial charge in [-0.2, -0.15) is 0 Å². The van der Waals surface area contributed by atoms with E-state index in [4.69, 9.17) is 4.74 Å². The van der Waals surface area contributed by atoms with Crippen LogP contribution in [0.1, 0.15) is 32.8 Å². The maximum atomic E-state index is 9.44. The molecule has 0 saturated carbocycles. The molecule has 1 N–H and O–H groups in total. The number of hydrogen-bond donors (Lipinski definition) is 1. The Kier molecular flexibility index (Phi) is 6.33. The van der Waals surface area contributed by atoms with E-state index in [-0.39, 0.29) is 18.1 Å². The number of rotatable bonds is 6. The van der Waals surface area contributed by atoms with E-state index in [2.05, 4.69) is 42.8 Å². The summed E-state index contributed by atoms with van der Waals surface area (Å²) in [6.07, 6.45) is 1.76. The molecule has 0 fully saturated rings. The lowest BCUT2D eigenvalue weighted by Crippen LogP contribution is -2.22. The number of aliphatic hydroxyl groups excluding tert-OH is 1. The highest BCUT2D eigenvalue weighted by Crippen LogP contribution is 2.21. The smallest absolute Gasteiger partial charge is 0.0598 e. The molecule has 0 aliphatic heterocycles. The summed E-state index contributed by atoms with van der Waals surface area (Å²) in [5, 5.41) is 9.44. The van der Waals surface area contributed by atoms with Crippen molar-refractivity contribution < 1.29 is 9.84 Å². The molecule has 3 heteroatoms. The molecule has 0 bridgehead atoms. The lowest BCUT2D eigenvalue weighted by molar-refractivity contribution is -0.0121. The predicted molar refractivity (Wildman–Crippen MR) is 78.7 cm³/mol. The molecule has 0 aromatic heterocycles. The number of ether oxygens (including phenoxy) is 1. The standard InChI is InChI=1S/C15H23BrO2/c1-15(2,3)18-9-8-12(11-17)10-13-6-4-5-7-14(13)16/h4-7,12,17H,8-11H2,1-3H3. The van der Waals surface area contributed by atoms with Gasteiger partial charge in [-0.25, -0.2) is 0 Å². The average molecular weight is 315 g/mol. The second-order valence-corrected chi connectivity index (χ2v) is 6.45. The summed E-state index contributed by atoms with van der Waals surface area (Å²) in [6, 6.07) is 8.16. The van der Waals surface area contributed by atoms with Gasteiger partial charge in [0.15, 0.2) is 0 Å². The lowest BCUT2D eigenvalue weighted by Gasteiger charge is -2.22. The average Bonchev–Trinajstić information content (AvgIpc) is 2.29. The summed E-state index contributed by atoms with van der Waals surface area (Å²) in [6.45, 7) is 7.05. The topological polar surface area (TPSA) is 29.5 Å². The van der Waals surface area contributed by atoms with E-state index >= 15 is 0 Å². The van der Waals surface area contributed by atoms with Crippen molar-refractivity contribution in [2.24, 2.45) is 5.92 Å². The largest absolute Gasteiger partial charge is 0.396 e. The molecule has 1 atom stereocenters. The van der Waals surface area contributed by atoms with Gasteiger partial charge in [-0.15, -0.1) is 0 Å². The minimum atomic E-state index is -0.104. The van der Waals surface area contributed by atoms with Crippen LogP contribution in [0.5, 0.6) is 0 Å². The van der Waals surface area contributed by atoms with Crippen molar-refractivity contribution in [1.29, 1.82) is 0 Å². The van der Waals surface area contributed by atoms with E-state index < -0.39 is 0 Å². The van der Waals surface area contributed by atoms with Crippen LogP contribution < -0.4 is 0 Å². The van der Waals surface area contributed by atoms with Crippen LogP contribution >= 0.6 is 15.9 Å². The number of aliphatic hydroxyl groups is 1. The van der Waals surface area contributed by atoms with Crippen molar-refractivity contribution in [1.82, 2.24) is 0 Å². The minimum Gasteiger partial charge on any atom is -0.396 e. The molecule has 0 aliphatic carbocycles. The zero-order valence-electron chi connectivity index (χ0n) is 11.4. The fourth-order valence-electron chi connectivity index (χ4n) is 1.76. The Bertz CT molecular complexity index is 358. The highest BCUT2D eigenvalue weighted by atomic mass is 79.9. The van der Waals surface area contributed by atoms with Gasteiger partial charge in [-0.1, -0.05) is 34.1 Å². The molecule has 1 aromatic carbocycles. The summed E-state index contributed by atoms with van der Waals surface area (Å²) in [4.78, 5) is 0. The first-order valence-electron chi connectivity index (χ1n) is 6.40.